The molecule has 0 aliphatic heterocycles. The first kappa shape index (κ1) is 9.93. The van der Waals surface area contributed by atoms with Gasteiger partial charge in [0.05, 0.1) is 6.67 Å². The van der Waals surface area contributed by atoms with Crippen molar-refractivity contribution in [2.45, 2.75) is 40.0 Å². The molecule has 0 aliphatic carbocycles. The van der Waals surface area contributed by atoms with Gasteiger partial charge in [-0.25, -0.2) is 0 Å². The summed E-state index contributed by atoms with van der Waals surface area (Å²) in [6.45, 7) is 6.39. The SMILES string of the molecule is CC(C)CCC(C)CCF. The Morgan fingerprint density at radius 2 is 1.60 bits per heavy atom. The molecule has 62 valence electrons. The topological polar surface area (TPSA) is 0 Å². The molecule has 0 heterocycles. The lowest BCUT2D eigenvalue weighted by molar-refractivity contribution is 0.367. The summed E-state index contributed by atoms with van der Waals surface area (Å²) >= 11 is 0. The van der Waals surface area contributed by atoms with Crippen molar-refractivity contribution in [2.75, 3.05) is 6.67 Å². The minimum atomic E-state index is -0.154. The molecule has 0 nitrogen and oxygen atoms in total. The van der Waals surface area contributed by atoms with Crippen LogP contribution < -0.4 is 0 Å². The van der Waals surface area contributed by atoms with Gasteiger partial charge in [0.15, 0.2) is 0 Å². The summed E-state index contributed by atoms with van der Waals surface area (Å²) in [5.41, 5.74) is 0. The summed E-state index contributed by atoms with van der Waals surface area (Å²) < 4.78 is 11.8. The zero-order valence-corrected chi connectivity index (χ0v) is 7.36. The molecule has 0 aliphatic rings. The smallest absolute Gasteiger partial charge is 0.0897 e. The molecule has 0 saturated carbocycles. The Balaban J connectivity index is 3.12. The maximum absolute atomic E-state index is 11.8. The largest absolute Gasteiger partial charge is 0.251 e. The highest BCUT2D eigenvalue weighted by molar-refractivity contribution is 4.54. The van der Waals surface area contributed by atoms with Crippen LogP contribution in [0.25, 0.3) is 0 Å². The Hall–Kier alpha value is -0.0700. The zero-order valence-electron chi connectivity index (χ0n) is 7.36. The van der Waals surface area contributed by atoms with Crippen molar-refractivity contribution >= 4 is 0 Å². The molecule has 10 heavy (non-hydrogen) atoms. The molecule has 0 aromatic heterocycles. The van der Waals surface area contributed by atoms with Crippen LogP contribution in [0.4, 0.5) is 4.39 Å². The van der Waals surface area contributed by atoms with Crippen LogP contribution in [0.2, 0.25) is 0 Å². The van der Waals surface area contributed by atoms with E-state index in [2.05, 4.69) is 20.8 Å². The number of alkyl halides is 1. The Labute approximate surface area is 63.8 Å². The van der Waals surface area contributed by atoms with Crippen LogP contribution in [-0.4, -0.2) is 6.67 Å². The van der Waals surface area contributed by atoms with E-state index in [9.17, 15) is 4.39 Å². The molecule has 0 N–H and O–H groups in total. The molecule has 0 spiro atoms. The van der Waals surface area contributed by atoms with E-state index in [0.717, 1.165) is 12.3 Å². The van der Waals surface area contributed by atoms with Gasteiger partial charge in [-0.3, -0.25) is 4.39 Å². The van der Waals surface area contributed by atoms with E-state index in [-0.39, 0.29) is 6.67 Å². The van der Waals surface area contributed by atoms with Gasteiger partial charge in [0.25, 0.3) is 0 Å². The Morgan fingerprint density at radius 1 is 1.00 bits per heavy atom. The molecule has 0 aromatic rings. The first-order chi connectivity index (χ1) is 4.66. The quantitative estimate of drug-likeness (QED) is 0.557. The van der Waals surface area contributed by atoms with Crippen molar-refractivity contribution < 1.29 is 4.39 Å². The summed E-state index contributed by atoms with van der Waals surface area (Å²) in [4.78, 5) is 0. The predicted molar refractivity (Wildman–Crippen MR) is 43.8 cm³/mol. The predicted octanol–water partition coefficient (Wildman–Crippen LogP) is 3.42. The van der Waals surface area contributed by atoms with Crippen LogP contribution in [-0.2, 0) is 0 Å². The van der Waals surface area contributed by atoms with Crippen molar-refractivity contribution in [3.05, 3.63) is 0 Å². The Bertz CT molecular complexity index is 69.1. The molecular weight excluding hydrogens is 127 g/mol. The molecule has 1 atom stereocenters. The van der Waals surface area contributed by atoms with Crippen LogP contribution >= 0.6 is 0 Å². The molecule has 0 amide bonds. The maximum Gasteiger partial charge on any atom is 0.0897 e. The van der Waals surface area contributed by atoms with E-state index in [1.165, 1.54) is 12.8 Å². The molecule has 1 heteroatoms. The van der Waals surface area contributed by atoms with E-state index in [0.29, 0.717) is 5.92 Å². The zero-order chi connectivity index (χ0) is 7.98. The van der Waals surface area contributed by atoms with Crippen LogP contribution in [0.15, 0.2) is 0 Å². The maximum atomic E-state index is 11.8. The normalized spacial score (nSPS) is 14.1. The second kappa shape index (κ2) is 5.70. The summed E-state index contributed by atoms with van der Waals surface area (Å²) in [5, 5.41) is 0. The highest BCUT2D eigenvalue weighted by atomic mass is 19.1. The fourth-order valence-corrected chi connectivity index (χ4v) is 0.948. The molecule has 0 fully saturated rings. The monoisotopic (exact) mass is 146 g/mol. The van der Waals surface area contributed by atoms with Gasteiger partial charge in [-0.05, 0) is 18.3 Å². The highest BCUT2D eigenvalue weighted by Crippen LogP contribution is 2.14. The first-order valence-electron chi connectivity index (χ1n) is 4.22. The van der Waals surface area contributed by atoms with Gasteiger partial charge in [-0.1, -0.05) is 33.6 Å². The lowest BCUT2D eigenvalue weighted by atomic mass is 9.97. The average Bonchev–Trinajstić information content (AvgIpc) is 1.85. The van der Waals surface area contributed by atoms with Gasteiger partial charge < -0.3 is 0 Å². The highest BCUT2D eigenvalue weighted by Gasteiger charge is 2.02. The van der Waals surface area contributed by atoms with E-state index >= 15 is 0 Å². The van der Waals surface area contributed by atoms with E-state index in [1.54, 1.807) is 0 Å². The number of rotatable bonds is 5. The van der Waals surface area contributed by atoms with Crippen LogP contribution in [0.3, 0.4) is 0 Å². The van der Waals surface area contributed by atoms with Crippen LogP contribution in [0.1, 0.15) is 40.0 Å². The van der Waals surface area contributed by atoms with Gasteiger partial charge in [0, 0.05) is 0 Å². The minimum Gasteiger partial charge on any atom is -0.251 e. The lowest BCUT2D eigenvalue weighted by Crippen LogP contribution is -1.98. The molecule has 1 unspecified atom stereocenters. The molecule has 0 saturated heterocycles. The third-order valence-corrected chi connectivity index (χ3v) is 1.84. The fourth-order valence-electron chi connectivity index (χ4n) is 0.948. The van der Waals surface area contributed by atoms with Gasteiger partial charge in [0.2, 0.25) is 0 Å². The minimum absolute atomic E-state index is 0.154. The molecular formula is C9H19F. The molecule has 0 aromatic carbocycles. The summed E-state index contributed by atoms with van der Waals surface area (Å²) in [5.74, 6) is 1.34. The van der Waals surface area contributed by atoms with Crippen molar-refractivity contribution in [1.82, 2.24) is 0 Å². The van der Waals surface area contributed by atoms with Gasteiger partial charge in [-0.15, -0.1) is 0 Å². The number of hydrogen-bond acceptors (Lipinski definition) is 0. The first-order valence-corrected chi connectivity index (χ1v) is 4.22. The van der Waals surface area contributed by atoms with E-state index < -0.39 is 0 Å². The Kier molecular flexibility index (Phi) is 5.66. The third-order valence-electron chi connectivity index (χ3n) is 1.84. The number of hydrogen-bond donors (Lipinski definition) is 0. The van der Waals surface area contributed by atoms with E-state index in [1.807, 2.05) is 0 Å². The molecule has 0 bridgehead atoms. The van der Waals surface area contributed by atoms with Crippen LogP contribution in [0.5, 0.6) is 0 Å². The second-order valence-electron chi connectivity index (χ2n) is 3.55. The molecule has 0 radical (unpaired) electrons. The van der Waals surface area contributed by atoms with Crippen molar-refractivity contribution in [3.8, 4) is 0 Å². The fraction of sp³-hybridized carbons (Fsp3) is 1.00. The second-order valence-corrected chi connectivity index (χ2v) is 3.55. The standard InChI is InChI=1S/C9H19F/c1-8(2)4-5-9(3)6-7-10/h8-9H,4-7H2,1-3H3. The lowest BCUT2D eigenvalue weighted by Gasteiger charge is -2.09. The van der Waals surface area contributed by atoms with Gasteiger partial charge in [0.1, 0.15) is 0 Å². The molecule has 0 rings (SSSR count). The van der Waals surface area contributed by atoms with Crippen molar-refractivity contribution in [3.63, 3.8) is 0 Å². The Morgan fingerprint density at radius 3 is 2.00 bits per heavy atom. The third kappa shape index (κ3) is 6.06. The van der Waals surface area contributed by atoms with Crippen LogP contribution in [0, 0.1) is 11.8 Å². The van der Waals surface area contributed by atoms with Crippen molar-refractivity contribution in [2.24, 2.45) is 11.8 Å². The van der Waals surface area contributed by atoms with Gasteiger partial charge in [-0.2, -0.15) is 0 Å². The summed E-state index contributed by atoms with van der Waals surface area (Å²) in [6, 6.07) is 0. The van der Waals surface area contributed by atoms with E-state index in [4.69, 9.17) is 0 Å². The average molecular weight is 146 g/mol. The summed E-state index contributed by atoms with van der Waals surface area (Å²) in [6.07, 6.45) is 3.16. The summed E-state index contributed by atoms with van der Waals surface area (Å²) in [7, 11) is 0. The van der Waals surface area contributed by atoms with Crippen molar-refractivity contribution in [1.29, 1.82) is 0 Å². The van der Waals surface area contributed by atoms with Gasteiger partial charge >= 0.3 is 0 Å². The number of halogens is 1.